The Bertz CT molecular complexity index is 1320. The van der Waals surface area contributed by atoms with Crippen LogP contribution in [0, 0.1) is 0 Å². The first-order valence-corrected chi connectivity index (χ1v) is 10.5. The number of hydrogen-bond donors (Lipinski definition) is 1. The third-order valence-electron chi connectivity index (χ3n) is 5.18. The van der Waals surface area contributed by atoms with E-state index in [2.05, 4.69) is 4.74 Å². The predicted octanol–water partition coefficient (Wildman–Crippen LogP) is 5.15. The second kappa shape index (κ2) is 10.2. The highest BCUT2D eigenvalue weighted by atomic mass is 35.5. The zero-order chi connectivity index (χ0) is 25.9. The third-order valence-corrected chi connectivity index (χ3v) is 5.42. The van der Waals surface area contributed by atoms with Crippen LogP contribution in [-0.2, 0) is 11.2 Å². The summed E-state index contributed by atoms with van der Waals surface area (Å²) in [6.07, 6.45) is -3.82. The van der Waals surface area contributed by atoms with E-state index in [1.807, 2.05) is 0 Å². The van der Waals surface area contributed by atoms with Crippen LogP contribution >= 0.6 is 11.6 Å². The van der Waals surface area contributed by atoms with Gasteiger partial charge in [0.05, 0.1) is 24.9 Å². The number of aromatic carboxylic acids is 1. The summed E-state index contributed by atoms with van der Waals surface area (Å²) in [6.45, 7) is 1.49. The van der Waals surface area contributed by atoms with E-state index in [1.54, 1.807) is 0 Å². The van der Waals surface area contributed by atoms with E-state index in [4.69, 9.17) is 21.4 Å². The molecule has 0 fully saturated rings. The van der Waals surface area contributed by atoms with Gasteiger partial charge in [-0.15, -0.1) is 13.2 Å². The molecule has 11 heteroatoms. The summed E-state index contributed by atoms with van der Waals surface area (Å²) in [4.78, 5) is 36.7. The van der Waals surface area contributed by atoms with Crippen molar-refractivity contribution in [3.63, 3.8) is 0 Å². The molecule has 0 bridgehead atoms. The van der Waals surface area contributed by atoms with Crippen LogP contribution in [0.1, 0.15) is 28.9 Å². The van der Waals surface area contributed by atoms with Crippen LogP contribution in [0.25, 0.3) is 11.1 Å². The summed E-state index contributed by atoms with van der Waals surface area (Å²) in [5.41, 5.74) is -0.161. The molecule has 0 saturated carbocycles. The number of ether oxygens (including phenoxy) is 2. The Kier molecular flexibility index (Phi) is 7.54. The van der Waals surface area contributed by atoms with E-state index in [-0.39, 0.29) is 39.7 Å². The summed E-state index contributed by atoms with van der Waals surface area (Å²) in [5.74, 6) is -2.01. The van der Waals surface area contributed by atoms with Crippen molar-refractivity contribution in [2.45, 2.75) is 25.7 Å². The number of hydrogen-bond acceptors (Lipinski definition) is 5. The molecule has 1 aromatic heterocycles. The maximum absolute atomic E-state index is 12.9. The SMILES string of the molecule is COc1cn(C(C)C(=O)Cc2ccc(C(=O)O)cc2)c(=O)cc1-c1cc(Cl)ccc1OC(F)(F)F. The monoisotopic (exact) mass is 509 g/mol. The van der Waals surface area contributed by atoms with Crippen molar-refractivity contribution in [3.8, 4) is 22.6 Å². The second-order valence-electron chi connectivity index (χ2n) is 7.51. The molecule has 1 unspecified atom stereocenters. The lowest BCUT2D eigenvalue weighted by molar-refractivity contribution is -0.274. The average molecular weight is 510 g/mol. The van der Waals surface area contributed by atoms with Gasteiger partial charge >= 0.3 is 12.3 Å². The van der Waals surface area contributed by atoms with Crippen molar-refractivity contribution >= 4 is 23.4 Å². The number of nitrogens with zero attached hydrogens (tertiary/aromatic N) is 1. The van der Waals surface area contributed by atoms with Gasteiger partial charge in [-0.05, 0) is 42.8 Å². The largest absolute Gasteiger partial charge is 0.573 e. The number of alkyl halides is 3. The minimum absolute atomic E-state index is 0.000548. The van der Waals surface area contributed by atoms with Gasteiger partial charge < -0.3 is 19.1 Å². The fraction of sp³-hybridized carbons (Fsp3) is 0.208. The van der Waals surface area contributed by atoms with Gasteiger partial charge in [0.1, 0.15) is 11.5 Å². The van der Waals surface area contributed by atoms with Crippen molar-refractivity contribution in [2.75, 3.05) is 7.11 Å². The van der Waals surface area contributed by atoms with E-state index < -0.39 is 29.7 Å². The van der Waals surface area contributed by atoms with E-state index in [0.29, 0.717) is 5.56 Å². The van der Waals surface area contributed by atoms with Gasteiger partial charge in [-0.1, -0.05) is 23.7 Å². The van der Waals surface area contributed by atoms with Crippen LogP contribution < -0.4 is 15.0 Å². The van der Waals surface area contributed by atoms with E-state index in [1.165, 1.54) is 56.6 Å². The Morgan fingerprint density at radius 3 is 2.26 bits per heavy atom. The molecule has 0 aliphatic heterocycles. The van der Waals surface area contributed by atoms with Gasteiger partial charge in [0.15, 0.2) is 5.78 Å². The van der Waals surface area contributed by atoms with Crippen LogP contribution in [-0.4, -0.2) is 34.9 Å². The van der Waals surface area contributed by atoms with Crippen LogP contribution in [0.4, 0.5) is 13.2 Å². The Morgan fingerprint density at radius 1 is 1.06 bits per heavy atom. The van der Waals surface area contributed by atoms with E-state index in [9.17, 15) is 27.6 Å². The summed E-state index contributed by atoms with van der Waals surface area (Å²) in [5, 5.41) is 9.09. The molecule has 0 aliphatic rings. The lowest BCUT2D eigenvalue weighted by Crippen LogP contribution is -2.28. The highest BCUT2D eigenvalue weighted by Gasteiger charge is 2.33. The molecule has 0 saturated heterocycles. The molecule has 7 nitrogen and oxygen atoms in total. The average Bonchev–Trinajstić information content (AvgIpc) is 2.79. The van der Waals surface area contributed by atoms with Gasteiger partial charge in [-0.25, -0.2) is 4.79 Å². The molecule has 35 heavy (non-hydrogen) atoms. The molecule has 184 valence electrons. The molecular weight excluding hydrogens is 491 g/mol. The molecule has 1 atom stereocenters. The molecule has 0 spiro atoms. The lowest BCUT2D eigenvalue weighted by atomic mass is 10.0. The van der Waals surface area contributed by atoms with Gasteiger partial charge in [-0.2, -0.15) is 0 Å². The molecular formula is C24H19ClF3NO6. The highest BCUT2D eigenvalue weighted by Crippen LogP contribution is 2.39. The lowest BCUT2D eigenvalue weighted by Gasteiger charge is -2.19. The molecule has 0 radical (unpaired) electrons. The second-order valence-corrected chi connectivity index (χ2v) is 7.95. The van der Waals surface area contributed by atoms with Crippen LogP contribution in [0.3, 0.4) is 0 Å². The molecule has 1 heterocycles. The van der Waals surface area contributed by atoms with Crippen molar-refractivity contribution in [2.24, 2.45) is 0 Å². The molecule has 0 amide bonds. The number of aromatic nitrogens is 1. The Morgan fingerprint density at radius 2 is 1.69 bits per heavy atom. The fourth-order valence-corrected chi connectivity index (χ4v) is 3.57. The smallest absolute Gasteiger partial charge is 0.495 e. The summed E-state index contributed by atoms with van der Waals surface area (Å²) >= 11 is 5.96. The fourth-order valence-electron chi connectivity index (χ4n) is 3.40. The Hall–Kier alpha value is -3.79. The summed E-state index contributed by atoms with van der Waals surface area (Å²) in [7, 11) is 1.26. The zero-order valence-corrected chi connectivity index (χ0v) is 19.2. The number of carboxylic acid groups (broad SMARTS) is 1. The predicted molar refractivity (Wildman–Crippen MR) is 121 cm³/mol. The van der Waals surface area contributed by atoms with Gasteiger partial charge in [0.2, 0.25) is 0 Å². The number of rotatable bonds is 8. The van der Waals surface area contributed by atoms with Gasteiger partial charge in [-0.3, -0.25) is 9.59 Å². The number of carbonyl (C=O) groups excluding carboxylic acids is 1. The van der Waals surface area contributed by atoms with Crippen molar-refractivity contribution in [1.29, 1.82) is 0 Å². The number of benzene rings is 2. The molecule has 1 N–H and O–H groups in total. The number of carboxylic acids is 1. The van der Waals surface area contributed by atoms with Crippen LogP contribution in [0.2, 0.25) is 5.02 Å². The third kappa shape index (κ3) is 6.21. The number of pyridine rings is 1. The molecule has 0 aliphatic carbocycles. The van der Waals surface area contributed by atoms with E-state index >= 15 is 0 Å². The number of ketones is 1. The number of halogens is 4. The van der Waals surface area contributed by atoms with Crippen LogP contribution in [0.15, 0.2) is 59.5 Å². The Balaban J connectivity index is 1.96. The first-order valence-electron chi connectivity index (χ1n) is 10.1. The van der Waals surface area contributed by atoms with Crippen molar-refractivity contribution < 1.29 is 37.3 Å². The number of carbonyl (C=O) groups is 2. The topological polar surface area (TPSA) is 94.8 Å². The van der Waals surface area contributed by atoms with Crippen LogP contribution in [0.5, 0.6) is 11.5 Å². The maximum Gasteiger partial charge on any atom is 0.573 e. The first kappa shape index (κ1) is 25.8. The van der Waals surface area contributed by atoms with Gasteiger partial charge in [0, 0.05) is 28.6 Å². The summed E-state index contributed by atoms with van der Waals surface area (Å²) in [6, 6.07) is 9.27. The quantitative estimate of drug-likeness (QED) is 0.451. The minimum Gasteiger partial charge on any atom is -0.495 e. The zero-order valence-electron chi connectivity index (χ0n) is 18.4. The van der Waals surface area contributed by atoms with Gasteiger partial charge in [0.25, 0.3) is 5.56 Å². The number of methoxy groups -OCH3 is 1. The molecule has 2 aromatic carbocycles. The minimum atomic E-state index is -4.98. The Labute approximate surface area is 202 Å². The van der Waals surface area contributed by atoms with E-state index in [0.717, 1.165) is 16.7 Å². The van der Waals surface area contributed by atoms with Crippen molar-refractivity contribution in [1.82, 2.24) is 4.57 Å². The number of Topliss-reactive ketones (excluding diaryl/α,β-unsaturated/α-hetero) is 1. The maximum atomic E-state index is 12.9. The normalized spacial score (nSPS) is 12.2. The summed E-state index contributed by atoms with van der Waals surface area (Å²) < 4.78 is 49.1. The molecule has 3 rings (SSSR count). The first-order chi connectivity index (χ1) is 16.4. The highest BCUT2D eigenvalue weighted by molar-refractivity contribution is 6.31. The molecule has 3 aromatic rings. The standard InChI is InChI=1S/C24H19ClF3NO6/c1-13(19(30)9-14-3-5-15(6-4-14)23(32)33)29-12-21(34-2)18(11-22(29)31)17-10-16(25)7-8-20(17)35-24(26,27)28/h3-8,10-13H,9H2,1-2H3,(H,32,33). The van der Waals surface area contributed by atoms with Crippen molar-refractivity contribution in [3.05, 3.63) is 81.2 Å².